The average Bonchev–Trinajstić information content (AvgIpc) is 3.44. The second-order valence-corrected chi connectivity index (χ2v) is 9.80. The summed E-state index contributed by atoms with van der Waals surface area (Å²) in [6, 6.07) is 2.55. The summed E-state index contributed by atoms with van der Waals surface area (Å²) in [7, 11) is 0. The van der Waals surface area contributed by atoms with Crippen molar-refractivity contribution in [3.63, 3.8) is 0 Å². The smallest absolute Gasteiger partial charge is 0.326 e. The fraction of sp³-hybridized carbons (Fsp3) is 0.577. The molecule has 0 spiro atoms. The molecule has 13 heteroatoms. The third kappa shape index (κ3) is 10.4. The zero-order valence-electron chi connectivity index (χ0n) is 22.5. The summed E-state index contributed by atoms with van der Waals surface area (Å²) in [6.07, 6.45) is 2.57. The maximum Gasteiger partial charge on any atom is 0.326 e. The number of nitrogens with one attached hydrogen (secondary N) is 4. The third-order valence-corrected chi connectivity index (χ3v) is 6.74. The van der Waals surface area contributed by atoms with Gasteiger partial charge in [0.2, 0.25) is 17.7 Å². The number of carboxylic acid groups (broad SMARTS) is 1. The Bertz CT molecular complexity index is 1010. The van der Waals surface area contributed by atoms with Crippen molar-refractivity contribution < 1.29 is 29.4 Å². The molecular formula is C26H41N7O6. The predicted molar refractivity (Wildman–Crippen MR) is 146 cm³/mol. The van der Waals surface area contributed by atoms with Gasteiger partial charge in [-0.3, -0.25) is 19.4 Å². The van der Waals surface area contributed by atoms with Crippen molar-refractivity contribution in [3.05, 3.63) is 29.8 Å². The Morgan fingerprint density at radius 1 is 1.08 bits per heavy atom. The minimum absolute atomic E-state index is 0.0609. The van der Waals surface area contributed by atoms with E-state index in [0.29, 0.717) is 31.4 Å². The number of carbonyl (C=O) groups excluding carboxylic acids is 3. The number of benzene rings is 1. The van der Waals surface area contributed by atoms with Gasteiger partial charge < -0.3 is 42.9 Å². The van der Waals surface area contributed by atoms with Crippen LogP contribution >= 0.6 is 0 Å². The molecule has 0 bridgehead atoms. The molecule has 10 N–H and O–H groups in total. The van der Waals surface area contributed by atoms with Crippen molar-refractivity contribution in [2.75, 3.05) is 13.1 Å². The van der Waals surface area contributed by atoms with E-state index >= 15 is 0 Å². The van der Waals surface area contributed by atoms with Gasteiger partial charge in [0.25, 0.3) is 0 Å². The third-order valence-electron chi connectivity index (χ3n) is 6.74. The van der Waals surface area contributed by atoms with Crippen molar-refractivity contribution in [1.29, 1.82) is 0 Å². The van der Waals surface area contributed by atoms with Gasteiger partial charge in [0.15, 0.2) is 5.96 Å². The second kappa shape index (κ2) is 15.5. The van der Waals surface area contributed by atoms with Crippen LogP contribution in [0.2, 0.25) is 0 Å². The maximum absolute atomic E-state index is 13.5. The number of phenols is 1. The summed E-state index contributed by atoms with van der Waals surface area (Å²) in [5, 5.41) is 30.3. The molecule has 1 fully saturated rings. The molecule has 39 heavy (non-hydrogen) atoms. The van der Waals surface area contributed by atoms with Gasteiger partial charge in [-0.25, -0.2) is 4.79 Å². The van der Waals surface area contributed by atoms with Gasteiger partial charge in [-0.15, -0.1) is 0 Å². The monoisotopic (exact) mass is 547 g/mol. The van der Waals surface area contributed by atoms with Crippen molar-refractivity contribution >= 4 is 29.7 Å². The molecule has 3 amide bonds. The lowest BCUT2D eigenvalue weighted by Gasteiger charge is -2.26. The number of nitrogens with two attached hydrogens (primary N) is 2. The van der Waals surface area contributed by atoms with E-state index in [2.05, 4.69) is 26.3 Å². The van der Waals surface area contributed by atoms with Crippen LogP contribution in [-0.2, 0) is 25.6 Å². The summed E-state index contributed by atoms with van der Waals surface area (Å²) in [5.74, 6) is -3.16. The van der Waals surface area contributed by atoms with Crippen LogP contribution in [0.3, 0.4) is 0 Å². The summed E-state index contributed by atoms with van der Waals surface area (Å²) >= 11 is 0. The first-order valence-electron chi connectivity index (χ1n) is 13.2. The van der Waals surface area contributed by atoms with E-state index in [-0.39, 0.29) is 42.9 Å². The number of carboxylic acids is 1. The summed E-state index contributed by atoms with van der Waals surface area (Å²) in [6.45, 7) is 4.44. The van der Waals surface area contributed by atoms with Crippen LogP contribution in [0, 0.1) is 5.92 Å². The number of rotatable bonds is 15. The molecule has 1 heterocycles. The Morgan fingerprint density at radius 2 is 1.74 bits per heavy atom. The lowest BCUT2D eigenvalue weighted by molar-refractivity contribution is -0.144. The molecule has 13 nitrogen and oxygen atoms in total. The molecule has 1 aromatic rings. The van der Waals surface area contributed by atoms with Crippen LogP contribution in [0.5, 0.6) is 5.75 Å². The molecule has 5 unspecified atom stereocenters. The van der Waals surface area contributed by atoms with Crippen LogP contribution < -0.4 is 32.7 Å². The number of hydrogen-bond acceptors (Lipinski definition) is 7. The van der Waals surface area contributed by atoms with E-state index in [4.69, 9.17) is 11.5 Å². The van der Waals surface area contributed by atoms with Gasteiger partial charge in [-0.2, -0.15) is 0 Å². The Kier molecular flexibility index (Phi) is 12.5. The minimum Gasteiger partial charge on any atom is -0.508 e. The second-order valence-electron chi connectivity index (χ2n) is 9.80. The SMILES string of the molecule is CCC(C)C(NC(=O)C(CCCN=C(N)N)NC(=O)C(Cc1ccc(O)cc1)NC(=O)C1CCCN1)C(=O)O. The molecule has 216 valence electrons. The molecule has 0 radical (unpaired) electrons. The van der Waals surface area contributed by atoms with Gasteiger partial charge >= 0.3 is 5.97 Å². The number of amides is 3. The van der Waals surface area contributed by atoms with Crippen molar-refractivity contribution in [2.45, 2.75) is 76.5 Å². The predicted octanol–water partition coefficient (Wildman–Crippen LogP) is -0.675. The van der Waals surface area contributed by atoms with E-state index in [1.165, 1.54) is 12.1 Å². The van der Waals surface area contributed by atoms with Crippen LogP contribution in [0.25, 0.3) is 0 Å². The van der Waals surface area contributed by atoms with Gasteiger partial charge in [-0.1, -0.05) is 32.4 Å². The van der Waals surface area contributed by atoms with Crippen molar-refractivity contribution in [3.8, 4) is 5.75 Å². The molecule has 1 aliphatic heterocycles. The topological polar surface area (TPSA) is 221 Å². The summed E-state index contributed by atoms with van der Waals surface area (Å²) in [5.41, 5.74) is 11.4. The van der Waals surface area contributed by atoms with E-state index in [1.54, 1.807) is 19.1 Å². The van der Waals surface area contributed by atoms with Gasteiger partial charge in [-0.05, 0) is 55.8 Å². The highest BCUT2D eigenvalue weighted by Crippen LogP contribution is 2.14. The summed E-state index contributed by atoms with van der Waals surface area (Å²) < 4.78 is 0. The van der Waals surface area contributed by atoms with Crippen molar-refractivity contribution in [1.82, 2.24) is 21.3 Å². The average molecular weight is 548 g/mol. The first-order chi connectivity index (χ1) is 18.5. The number of guanidine groups is 1. The number of nitrogens with zero attached hydrogens (tertiary/aromatic N) is 1. The highest BCUT2D eigenvalue weighted by molar-refractivity contribution is 5.94. The molecule has 0 aromatic heterocycles. The Morgan fingerprint density at radius 3 is 2.31 bits per heavy atom. The Balaban J connectivity index is 2.24. The Hall–Kier alpha value is -3.87. The quantitative estimate of drug-likeness (QED) is 0.0791. The highest BCUT2D eigenvalue weighted by Gasteiger charge is 2.32. The fourth-order valence-electron chi connectivity index (χ4n) is 4.24. The molecule has 5 atom stereocenters. The zero-order valence-corrected chi connectivity index (χ0v) is 22.5. The first kappa shape index (κ1) is 31.3. The standard InChI is InChI=1S/C26H41N7O6/c1-3-15(2)21(25(38)39)33-23(36)19(7-5-13-30-26(27)28)31-24(37)20(14-16-8-10-17(34)11-9-16)32-22(35)18-6-4-12-29-18/h8-11,15,18-21,29,34H,3-7,12-14H2,1-2H3,(H,31,37)(H,32,35)(H,33,36)(H,38,39)(H4,27,28,30). The molecular weight excluding hydrogens is 506 g/mol. The molecule has 1 aliphatic rings. The zero-order chi connectivity index (χ0) is 28.9. The number of aromatic hydroxyl groups is 1. The molecule has 1 aromatic carbocycles. The van der Waals surface area contributed by atoms with Gasteiger partial charge in [0.05, 0.1) is 6.04 Å². The maximum atomic E-state index is 13.5. The molecule has 0 saturated carbocycles. The first-order valence-corrected chi connectivity index (χ1v) is 13.2. The number of hydrogen-bond donors (Lipinski definition) is 8. The molecule has 0 aliphatic carbocycles. The van der Waals surface area contributed by atoms with Gasteiger partial charge in [0, 0.05) is 13.0 Å². The van der Waals surface area contributed by atoms with Crippen LogP contribution in [0.15, 0.2) is 29.3 Å². The largest absolute Gasteiger partial charge is 0.508 e. The number of aliphatic carboxylic acids is 1. The fourth-order valence-corrected chi connectivity index (χ4v) is 4.24. The van der Waals surface area contributed by atoms with Crippen LogP contribution in [-0.4, -0.2) is 77.1 Å². The van der Waals surface area contributed by atoms with E-state index in [1.807, 2.05) is 6.92 Å². The lowest BCUT2D eigenvalue weighted by atomic mass is 9.98. The van der Waals surface area contributed by atoms with E-state index in [9.17, 15) is 29.4 Å². The van der Waals surface area contributed by atoms with Crippen LogP contribution in [0.4, 0.5) is 0 Å². The highest BCUT2D eigenvalue weighted by atomic mass is 16.4. The molecule has 2 rings (SSSR count). The van der Waals surface area contributed by atoms with Crippen molar-refractivity contribution in [2.24, 2.45) is 22.4 Å². The van der Waals surface area contributed by atoms with Gasteiger partial charge in [0.1, 0.15) is 23.9 Å². The normalized spacial score (nSPS) is 17.7. The minimum atomic E-state index is -1.18. The van der Waals surface area contributed by atoms with Crippen LogP contribution in [0.1, 0.15) is 51.5 Å². The number of carbonyl (C=O) groups is 4. The number of phenolic OH excluding ortho intramolecular Hbond substituents is 1. The lowest BCUT2D eigenvalue weighted by Crippen LogP contribution is -2.58. The Labute approximate surface area is 228 Å². The van der Waals surface area contributed by atoms with E-state index in [0.717, 1.165) is 6.42 Å². The molecule has 1 saturated heterocycles. The summed E-state index contributed by atoms with van der Waals surface area (Å²) in [4.78, 5) is 55.2. The van der Waals surface area contributed by atoms with E-state index < -0.39 is 42.0 Å². The number of aliphatic imine (C=N–C) groups is 1.